The van der Waals surface area contributed by atoms with E-state index < -0.39 is 0 Å². The molecule has 7 heteroatoms. The number of benzene rings is 2. The van der Waals surface area contributed by atoms with Gasteiger partial charge in [-0.1, -0.05) is 30.3 Å². The van der Waals surface area contributed by atoms with Gasteiger partial charge in [0.1, 0.15) is 0 Å². The van der Waals surface area contributed by atoms with Crippen molar-refractivity contribution >= 4 is 33.7 Å². The van der Waals surface area contributed by atoms with Gasteiger partial charge in [0.2, 0.25) is 11.9 Å². The summed E-state index contributed by atoms with van der Waals surface area (Å²) in [5.74, 6) is 0.191. The summed E-state index contributed by atoms with van der Waals surface area (Å²) in [7, 11) is 0. The molecule has 0 radical (unpaired) electrons. The van der Waals surface area contributed by atoms with Gasteiger partial charge in [0.25, 0.3) is 5.56 Å². The number of nitrogens with zero attached hydrogens (tertiary/aromatic N) is 2. The van der Waals surface area contributed by atoms with E-state index in [1.54, 1.807) is 12.1 Å². The Morgan fingerprint density at radius 1 is 1.10 bits per heavy atom. The van der Waals surface area contributed by atoms with Crippen molar-refractivity contribution in [2.75, 3.05) is 5.43 Å². The van der Waals surface area contributed by atoms with Crippen LogP contribution in [0.2, 0.25) is 0 Å². The van der Waals surface area contributed by atoms with Gasteiger partial charge in [0.15, 0.2) is 0 Å². The molecule has 0 saturated heterocycles. The van der Waals surface area contributed by atoms with Gasteiger partial charge >= 0.3 is 0 Å². The van der Waals surface area contributed by atoms with Crippen LogP contribution >= 0.6 is 0 Å². The summed E-state index contributed by atoms with van der Waals surface area (Å²) < 4.78 is 1.51. The molecule has 0 spiro atoms. The number of aromatic amines is 1. The molecule has 29 heavy (non-hydrogen) atoms. The molecule has 0 saturated carbocycles. The Hall–Kier alpha value is -3.61. The maximum atomic E-state index is 12.6. The van der Waals surface area contributed by atoms with Crippen molar-refractivity contribution in [2.24, 2.45) is 0 Å². The number of nitrogens with one attached hydrogen (secondary N) is 3. The average molecular weight is 389 g/mol. The Morgan fingerprint density at radius 2 is 1.86 bits per heavy atom. The molecule has 1 amide bonds. The minimum Gasteiger partial charge on any atom is -0.361 e. The number of aryl methyl sites for hydroxylation is 1. The predicted molar refractivity (Wildman–Crippen MR) is 115 cm³/mol. The van der Waals surface area contributed by atoms with Crippen LogP contribution in [0.4, 0.5) is 5.95 Å². The van der Waals surface area contributed by atoms with Gasteiger partial charge in [-0.05, 0) is 43.5 Å². The van der Waals surface area contributed by atoms with Crippen molar-refractivity contribution in [1.29, 1.82) is 0 Å². The molecule has 148 valence electrons. The number of fused-ring (bicyclic) bond motifs is 2. The second-order valence-electron chi connectivity index (χ2n) is 6.89. The lowest BCUT2D eigenvalue weighted by Crippen LogP contribution is -2.34. The number of aromatic nitrogens is 3. The Morgan fingerprint density at radius 3 is 2.69 bits per heavy atom. The summed E-state index contributed by atoms with van der Waals surface area (Å²) in [6.07, 6.45) is 3.91. The molecule has 2 aromatic heterocycles. The first-order chi connectivity index (χ1) is 14.2. The first kappa shape index (κ1) is 18.7. The first-order valence-electron chi connectivity index (χ1n) is 9.77. The van der Waals surface area contributed by atoms with Crippen molar-refractivity contribution in [3.8, 4) is 0 Å². The van der Waals surface area contributed by atoms with Gasteiger partial charge in [-0.25, -0.2) is 4.98 Å². The third-order valence-corrected chi connectivity index (χ3v) is 5.02. The minimum atomic E-state index is -0.144. The molecule has 0 unspecified atom stereocenters. The number of carbonyl (C=O) groups is 1. The number of hydrazine groups is 1. The van der Waals surface area contributed by atoms with Crippen molar-refractivity contribution in [1.82, 2.24) is 20.0 Å². The van der Waals surface area contributed by atoms with Crippen LogP contribution in [-0.2, 0) is 17.8 Å². The average Bonchev–Trinajstić information content (AvgIpc) is 3.16. The number of rotatable bonds is 7. The van der Waals surface area contributed by atoms with Crippen molar-refractivity contribution in [2.45, 2.75) is 32.7 Å². The van der Waals surface area contributed by atoms with Crippen LogP contribution in [0.25, 0.3) is 21.8 Å². The SMILES string of the molecule is CCn1c(NNC(=O)CCCc2c[nH]c3ccccc23)nc2ccccc2c1=O. The second kappa shape index (κ2) is 8.18. The number of hydrogen-bond acceptors (Lipinski definition) is 4. The fourth-order valence-corrected chi connectivity index (χ4v) is 3.52. The molecule has 2 heterocycles. The van der Waals surface area contributed by atoms with Gasteiger partial charge < -0.3 is 4.98 Å². The molecule has 0 atom stereocenters. The molecule has 0 aliphatic rings. The Kier molecular flexibility index (Phi) is 5.29. The Labute approximate surface area is 167 Å². The van der Waals surface area contributed by atoms with E-state index >= 15 is 0 Å². The molecule has 2 aromatic carbocycles. The molecule has 3 N–H and O–H groups in total. The summed E-state index contributed by atoms with van der Waals surface area (Å²) in [6.45, 7) is 2.32. The molecule has 0 aliphatic carbocycles. The summed E-state index contributed by atoms with van der Waals surface area (Å²) in [6, 6.07) is 15.3. The summed E-state index contributed by atoms with van der Waals surface area (Å²) >= 11 is 0. The highest BCUT2D eigenvalue weighted by atomic mass is 16.2. The smallest absolute Gasteiger partial charge is 0.262 e. The van der Waals surface area contributed by atoms with Crippen LogP contribution in [0, 0.1) is 0 Å². The third-order valence-electron chi connectivity index (χ3n) is 5.02. The van der Waals surface area contributed by atoms with E-state index in [-0.39, 0.29) is 11.5 Å². The maximum absolute atomic E-state index is 12.6. The lowest BCUT2D eigenvalue weighted by Gasteiger charge is -2.14. The normalized spacial score (nSPS) is 11.1. The Bertz CT molecular complexity index is 1220. The molecule has 0 aliphatic heterocycles. The fourth-order valence-electron chi connectivity index (χ4n) is 3.52. The van der Waals surface area contributed by atoms with Crippen LogP contribution in [-0.4, -0.2) is 20.4 Å². The number of carbonyl (C=O) groups excluding carboxylic acids is 1. The minimum absolute atomic E-state index is 0.130. The Balaban J connectivity index is 1.38. The number of para-hydroxylation sites is 2. The number of hydrogen-bond donors (Lipinski definition) is 3. The quantitative estimate of drug-likeness (QED) is 0.423. The number of anilines is 1. The monoisotopic (exact) mass is 389 g/mol. The highest BCUT2D eigenvalue weighted by Gasteiger charge is 2.11. The van der Waals surface area contributed by atoms with E-state index in [4.69, 9.17) is 0 Å². The van der Waals surface area contributed by atoms with Crippen molar-refractivity contribution < 1.29 is 4.79 Å². The zero-order valence-electron chi connectivity index (χ0n) is 16.2. The van der Waals surface area contributed by atoms with E-state index in [0.717, 1.165) is 18.4 Å². The largest absolute Gasteiger partial charge is 0.361 e. The molecule has 4 rings (SSSR count). The molecule has 0 fully saturated rings. The lowest BCUT2D eigenvalue weighted by atomic mass is 10.1. The summed E-state index contributed by atoms with van der Waals surface area (Å²) in [5, 5.41) is 1.75. The van der Waals surface area contributed by atoms with E-state index in [0.29, 0.717) is 29.8 Å². The van der Waals surface area contributed by atoms with Gasteiger partial charge in [-0.2, -0.15) is 0 Å². The summed E-state index contributed by atoms with van der Waals surface area (Å²) in [5.41, 5.74) is 8.26. The second-order valence-corrected chi connectivity index (χ2v) is 6.89. The maximum Gasteiger partial charge on any atom is 0.262 e. The number of H-pyrrole nitrogens is 1. The molecule has 4 aromatic rings. The number of amides is 1. The highest BCUT2D eigenvalue weighted by Crippen LogP contribution is 2.19. The van der Waals surface area contributed by atoms with Crippen LogP contribution in [0.3, 0.4) is 0 Å². The van der Waals surface area contributed by atoms with Crippen LogP contribution in [0.15, 0.2) is 59.5 Å². The van der Waals surface area contributed by atoms with Gasteiger partial charge in [0.05, 0.1) is 10.9 Å². The van der Waals surface area contributed by atoms with Crippen LogP contribution in [0.5, 0.6) is 0 Å². The summed E-state index contributed by atoms with van der Waals surface area (Å²) in [4.78, 5) is 32.6. The molecular weight excluding hydrogens is 366 g/mol. The zero-order valence-corrected chi connectivity index (χ0v) is 16.2. The molecule has 7 nitrogen and oxygen atoms in total. The third kappa shape index (κ3) is 3.85. The fraction of sp³-hybridized carbons (Fsp3) is 0.227. The standard InChI is InChI=1S/C22H23N5O2/c1-2-27-21(29)17-10-4-6-12-19(17)24-22(27)26-25-20(28)13-7-8-15-14-23-18-11-5-3-9-16(15)18/h3-6,9-12,14,23H,2,7-8,13H2,1H3,(H,24,26)(H,25,28). The van der Waals surface area contributed by atoms with E-state index in [9.17, 15) is 9.59 Å². The van der Waals surface area contributed by atoms with Crippen LogP contribution < -0.4 is 16.4 Å². The molecular formula is C22H23N5O2. The predicted octanol–water partition coefficient (Wildman–Crippen LogP) is 3.36. The van der Waals surface area contributed by atoms with Crippen molar-refractivity contribution in [3.63, 3.8) is 0 Å². The first-order valence-corrected chi connectivity index (χ1v) is 9.77. The van der Waals surface area contributed by atoms with Gasteiger partial charge in [-0.15, -0.1) is 0 Å². The van der Waals surface area contributed by atoms with E-state index in [2.05, 4.69) is 26.9 Å². The van der Waals surface area contributed by atoms with E-state index in [1.807, 2.05) is 43.5 Å². The van der Waals surface area contributed by atoms with Gasteiger partial charge in [0, 0.05) is 30.1 Å². The van der Waals surface area contributed by atoms with E-state index in [1.165, 1.54) is 15.5 Å². The highest BCUT2D eigenvalue weighted by molar-refractivity contribution is 5.83. The topological polar surface area (TPSA) is 91.8 Å². The van der Waals surface area contributed by atoms with Crippen molar-refractivity contribution in [3.05, 3.63) is 70.6 Å². The zero-order chi connectivity index (χ0) is 20.2. The van der Waals surface area contributed by atoms with Gasteiger partial charge in [-0.3, -0.25) is 25.0 Å². The van der Waals surface area contributed by atoms with Crippen LogP contribution in [0.1, 0.15) is 25.3 Å². The lowest BCUT2D eigenvalue weighted by molar-refractivity contribution is -0.120. The molecule has 0 bridgehead atoms.